The largest absolute Gasteiger partial charge is 0.455 e. The van der Waals surface area contributed by atoms with Gasteiger partial charge in [0.15, 0.2) is 0 Å². The molecule has 2 N–H and O–H groups in total. The number of nitrogens with one attached hydrogen (secondary N) is 1. The summed E-state index contributed by atoms with van der Waals surface area (Å²) in [6.07, 6.45) is 6.36. The summed E-state index contributed by atoms with van der Waals surface area (Å²) in [5, 5.41) is 13.5. The number of amides is 3. The molecule has 3 amide bonds. The molecule has 0 aromatic heterocycles. The molecule has 10 nitrogen and oxygen atoms in total. The Bertz CT molecular complexity index is 1340. The van der Waals surface area contributed by atoms with Crippen LogP contribution in [0.15, 0.2) is 54.6 Å². The lowest BCUT2D eigenvalue weighted by molar-refractivity contribution is -0.162. The minimum absolute atomic E-state index is 0.172. The minimum Gasteiger partial charge on any atom is -0.455 e. The summed E-state index contributed by atoms with van der Waals surface area (Å²) >= 11 is 0. The fraction of sp³-hybridized carbons (Fsp3) is 0.588. The number of rotatable bonds is 4. The van der Waals surface area contributed by atoms with Gasteiger partial charge < -0.3 is 29.7 Å². The van der Waals surface area contributed by atoms with E-state index in [-0.39, 0.29) is 37.3 Å². The molecule has 4 heterocycles. The molecule has 8 atom stereocenters. The van der Waals surface area contributed by atoms with Crippen LogP contribution in [0, 0.1) is 17.8 Å². The first-order valence-electron chi connectivity index (χ1n) is 15.6. The van der Waals surface area contributed by atoms with Crippen molar-refractivity contribution >= 4 is 23.7 Å². The van der Waals surface area contributed by atoms with Crippen LogP contribution in [0.5, 0.6) is 0 Å². The van der Waals surface area contributed by atoms with E-state index in [0.29, 0.717) is 12.0 Å². The summed E-state index contributed by atoms with van der Waals surface area (Å²) < 4.78 is 12.7. The SMILES string of the molecule is CC(C)[C@H](CO)N1C(=O)[C@H]2[C@@H]3C(=O)O[C@H](c4ccccc4)[C@@H](C)NC(=O)CC/C=C\CN(C(C)(C)C)C(=O)[C@H]1[C@@]21C=C[C@@H]3O1. The second-order valence-corrected chi connectivity index (χ2v) is 13.7. The Morgan fingerprint density at radius 2 is 1.77 bits per heavy atom. The number of aliphatic hydroxyl groups excluding tert-OH is 1. The third kappa shape index (κ3) is 5.47. The van der Waals surface area contributed by atoms with Crippen molar-refractivity contribution in [1.29, 1.82) is 0 Å². The molecule has 1 aromatic carbocycles. The van der Waals surface area contributed by atoms with Gasteiger partial charge in [-0.05, 0) is 45.6 Å². The number of hydrogen-bond donors (Lipinski definition) is 2. The lowest BCUT2D eigenvalue weighted by atomic mass is 9.74. The van der Waals surface area contributed by atoms with Crippen LogP contribution in [0.25, 0.3) is 0 Å². The molecular weight excluding hydrogens is 562 g/mol. The summed E-state index contributed by atoms with van der Waals surface area (Å²) in [4.78, 5) is 59.4. The highest BCUT2D eigenvalue weighted by Crippen LogP contribution is 2.56. The molecule has 5 rings (SSSR count). The Hall–Kier alpha value is -3.50. The number of fused-ring (bicyclic) bond motifs is 2. The average molecular weight is 608 g/mol. The number of carbonyl (C=O) groups is 4. The van der Waals surface area contributed by atoms with E-state index in [2.05, 4.69) is 5.32 Å². The van der Waals surface area contributed by atoms with E-state index in [1.165, 1.54) is 4.90 Å². The van der Waals surface area contributed by atoms with Crippen molar-refractivity contribution < 1.29 is 33.8 Å². The molecule has 0 aliphatic carbocycles. The van der Waals surface area contributed by atoms with Crippen LogP contribution < -0.4 is 5.32 Å². The predicted molar refractivity (Wildman–Crippen MR) is 163 cm³/mol. The van der Waals surface area contributed by atoms with Crippen molar-refractivity contribution in [3.05, 3.63) is 60.2 Å². The van der Waals surface area contributed by atoms with E-state index in [4.69, 9.17) is 9.47 Å². The molecule has 1 aromatic rings. The highest BCUT2D eigenvalue weighted by Gasteiger charge is 2.74. The number of allylic oxidation sites excluding steroid dienone is 1. The van der Waals surface area contributed by atoms with Gasteiger partial charge >= 0.3 is 5.97 Å². The average Bonchev–Trinajstić information content (AvgIpc) is 3.60. The molecule has 4 aliphatic rings. The summed E-state index contributed by atoms with van der Waals surface area (Å²) in [5.74, 6) is -3.75. The Labute approximate surface area is 259 Å². The Balaban J connectivity index is 1.63. The number of ether oxygens (including phenoxy) is 2. The van der Waals surface area contributed by atoms with Crippen molar-refractivity contribution in [2.45, 2.75) is 95.9 Å². The molecule has 2 fully saturated rings. The molecule has 1 spiro atoms. The lowest BCUT2D eigenvalue weighted by Gasteiger charge is -2.43. The summed E-state index contributed by atoms with van der Waals surface area (Å²) in [7, 11) is 0. The van der Waals surface area contributed by atoms with Gasteiger partial charge in [0, 0.05) is 18.5 Å². The smallest absolute Gasteiger partial charge is 0.313 e. The molecule has 4 aliphatic heterocycles. The second-order valence-electron chi connectivity index (χ2n) is 13.7. The van der Waals surface area contributed by atoms with Crippen LogP contribution in [0.3, 0.4) is 0 Å². The summed E-state index contributed by atoms with van der Waals surface area (Å²) in [6, 6.07) is 6.87. The van der Waals surface area contributed by atoms with Gasteiger partial charge in [0.05, 0.1) is 30.7 Å². The van der Waals surface area contributed by atoms with E-state index < -0.39 is 65.2 Å². The molecular formula is C34H45N3O7. The van der Waals surface area contributed by atoms with Gasteiger partial charge in [-0.3, -0.25) is 19.2 Å². The highest BCUT2D eigenvalue weighted by atomic mass is 16.6. The van der Waals surface area contributed by atoms with Crippen molar-refractivity contribution in [2.75, 3.05) is 13.2 Å². The second kappa shape index (κ2) is 12.1. The zero-order valence-corrected chi connectivity index (χ0v) is 26.4. The van der Waals surface area contributed by atoms with E-state index in [1.54, 1.807) is 24.0 Å². The third-order valence-electron chi connectivity index (χ3n) is 9.41. The number of likely N-dealkylation sites (tertiary alicyclic amines) is 1. The standard InChI is InChI=1S/C34H45N3O7/c1-20(2)23(19-38)37-29-31(41)36(33(4,5)6)18-12-8-11-15-25(39)35-21(3)28(22-13-9-7-10-14-22)43-32(42)26-24-16-17-34(29,44-24)27(26)30(37)40/h7-10,12-14,16-17,20-21,23-24,26-29,38H,11,15,18-19H2,1-6H3,(H,35,39)/b12-8-/t21-,23+,24+,26-,27-,28+,29+,34-/m1/s1. The number of cyclic esters (lactones) is 1. The first-order valence-corrected chi connectivity index (χ1v) is 15.6. The highest BCUT2D eigenvalue weighted by molar-refractivity contribution is 5.99. The maximum atomic E-state index is 14.7. The lowest BCUT2D eigenvalue weighted by Crippen LogP contribution is -2.62. The van der Waals surface area contributed by atoms with Crippen molar-refractivity contribution in [3.8, 4) is 0 Å². The topological polar surface area (TPSA) is 125 Å². The van der Waals surface area contributed by atoms with Crippen LogP contribution in [0.2, 0.25) is 0 Å². The quantitative estimate of drug-likeness (QED) is 0.398. The minimum atomic E-state index is -1.39. The van der Waals surface area contributed by atoms with Gasteiger partial charge in [-0.2, -0.15) is 0 Å². The maximum absolute atomic E-state index is 14.7. The molecule has 44 heavy (non-hydrogen) atoms. The van der Waals surface area contributed by atoms with Gasteiger partial charge in [-0.25, -0.2) is 0 Å². The Kier molecular flexibility index (Phi) is 8.79. The zero-order chi connectivity index (χ0) is 32.0. The monoisotopic (exact) mass is 607 g/mol. The van der Waals surface area contributed by atoms with E-state index in [1.807, 2.05) is 77.1 Å². The normalized spacial score (nSPS) is 34.3. The van der Waals surface area contributed by atoms with Crippen LogP contribution in [-0.4, -0.2) is 87.1 Å². The number of carbonyl (C=O) groups excluding carboxylic acids is 4. The van der Waals surface area contributed by atoms with Gasteiger partial charge in [-0.1, -0.05) is 68.5 Å². The van der Waals surface area contributed by atoms with Crippen molar-refractivity contribution in [2.24, 2.45) is 17.8 Å². The summed E-state index contributed by atoms with van der Waals surface area (Å²) in [5.41, 5.74) is -1.32. The Morgan fingerprint density at radius 3 is 2.41 bits per heavy atom. The maximum Gasteiger partial charge on any atom is 0.313 e. The van der Waals surface area contributed by atoms with Crippen molar-refractivity contribution in [1.82, 2.24) is 15.1 Å². The van der Waals surface area contributed by atoms with Gasteiger partial charge in [0.2, 0.25) is 17.7 Å². The van der Waals surface area contributed by atoms with E-state index >= 15 is 0 Å². The molecule has 0 unspecified atom stereocenters. The van der Waals surface area contributed by atoms with E-state index in [9.17, 15) is 24.3 Å². The van der Waals surface area contributed by atoms with Crippen LogP contribution in [-0.2, 0) is 28.7 Å². The number of benzene rings is 1. The van der Waals surface area contributed by atoms with Crippen LogP contribution in [0.1, 0.15) is 66.1 Å². The van der Waals surface area contributed by atoms with Crippen molar-refractivity contribution in [3.63, 3.8) is 0 Å². The summed E-state index contributed by atoms with van der Waals surface area (Å²) in [6.45, 7) is 11.2. The molecule has 5 bridgehead atoms. The van der Waals surface area contributed by atoms with E-state index in [0.717, 1.165) is 0 Å². The predicted octanol–water partition coefficient (Wildman–Crippen LogP) is 2.92. The van der Waals surface area contributed by atoms with Gasteiger partial charge in [0.25, 0.3) is 0 Å². The molecule has 2 saturated heterocycles. The fourth-order valence-electron chi connectivity index (χ4n) is 7.20. The number of nitrogens with zero attached hydrogens (tertiary/aromatic N) is 2. The van der Waals surface area contributed by atoms with Crippen LogP contribution >= 0.6 is 0 Å². The van der Waals surface area contributed by atoms with Crippen LogP contribution in [0.4, 0.5) is 0 Å². The molecule has 0 saturated carbocycles. The van der Waals surface area contributed by atoms with Gasteiger partial charge in [-0.15, -0.1) is 0 Å². The first kappa shape index (κ1) is 31.9. The number of esters is 1. The fourth-order valence-corrected chi connectivity index (χ4v) is 7.20. The molecule has 0 radical (unpaired) electrons. The first-order chi connectivity index (χ1) is 20.8. The Morgan fingerprint density at radius 1 is 1.07 bits per heavy atom. The molecule has 10 heteroatoms. The third-order valence-corrected chi connectivity index (χ3v) is 9.41. The zero-order valence-electron chi connectivity index (χ0n) is 26.4. The van der Waals surface area contributed by atoms with Gasteiger partial charge in [0.1, 0.15) is 23.7 Å². The number of hydrogen-bond acceptors (Lipinski definition) is 7. The number of aliphatic hydroxyl groups is 1. The molecule has 238 valence electrons.